The molecule has 2 aliphatic carbocycles. The first kappa shape index (κ1) is 20.4. The lowest BCUT2D eigenvalue weighted by Crippen LogP contribution is -2.31. The predicted molar refractivity (Wildman–Crippen MR) is 117 cm³/mol. The zero-order valence-corrected chi connectivity index (χ0v) is 19.0. The summed E-state index contributed by atoms with van der Waals surface area (Å²) in [7, 11) is 0. The third-order valence-corrected chi connectivity index (χ3v) is 7.41. The van der Waals surface area contributed by atoms with Gasteiger partial charge in [-0.1, -0.05) is 6.92 Å². The number of carboxylic acids is 1. The van der Waals surface area contributed by atoms with Gasteiger partial charge in [-0.15, -0.1) is 0 Å². The lowest BCUT2D eigenvalue weighted by molar-refractivity contribution is 0.0684. The lowest BCUT2D eigenvalue weighted by atomic mass is 9.76. The second-order valence-corrected chi connectivity index (χ2v) is 9.79. The van der Waals surface area contributed by atoms with Crippen molar-refractivity contribution in [1.82, 2.24) is 19.6 Å². The summed E-state index contributed by atoms with van der Waals surface area (Å²) in [6.45, 7) is 4.17. The number of hydrogen-bond acceptors (Lipinski definition) is 3. The first-order chi connectivity index (χ1) is 14.8. The highest BCUT2D eigenvalue weighted by molar-refractivity contribution is 9.10. The second-order valence-electron chi connectivity index (χ2n) is 8.93. The largest absolute Gasteiger partial charge is 0.476 e. The molecule has 2 heterocycles. The smallest absolute Gasteiger partial charge is 0.356 e. The van der Waals surface area contributed by atoms with Crippen molar-refractivity contribution in [3.05, 3.63) is 63.4 Å². The highest BCUT2D eigenvalue weighted by Gasteiger charge is 2.48. The Morgan fingerprint density at radius 2 is 2.03 bits per heavy atom. The van der Waals surface area contributed by atoms with Gasteiger partial charge >= 0.3 is 5.97 Å². The average Bonchev–Trinajstić information content (AvgIpc) is 3.06. The maximum absolute atomic E-state index is 13.6. The summed E-state index contributed by atoms with van der Waals surface area (Å²) in [5.74, 6) is 0.769. The zero-order valence-electron chi connectivity index (χ0n) is 17.4. The van der Waals surface area contributed by atoms with Crippen LogP contribution in [-0.2, 0) is 6.42 Å². The van der Waals surface area contributed by atoms with Crippen molar-refractivity contribution < 1.29 is 14.3 Å². The number of carbonyl (C=O) groups is 1. The van der Waals surface area contributed by atoms with Crippen LogP contribution in [0.2, 0.25) is 0 Å². The van der Waals surface area contributed by atoms with Crippen LogP contribution >= 0.6 is 15.9 Å². The summed E-state index contributed by atoms with van der Waals surface area (Å²) in [6.07, 6.45) is 5.80. The number of carboxylic acid groups (broad SMARTS) is 1. The van der Waals surface area contributed by atoms with Crippen molar-refractivity contribution >= 4 is 21.9 Å². The van der Waals surface area contributed by atoms with E-state index in [0.717, 1.165) is 29.6 Å². The lowest BCUT2D eigenvalue weighted by Gasteiger charge is -2.37. The number of rotatable bonds is 6. The van der Waals surface area contributed by atoms with Crippen LogP contribution in [0.3, 0.4) is 0 Å². The zero-order chi connectivity index (χ0) is 21.9. The first-order valence-corrected chi connectivity index (χ1v) is 11.4. The summed E-state index contributed by atoms with van der Waals surface area (Å²) >= 11 is 3.41. The van der Waals surface area contributed by atoms with Crippen LogP contribution < -0.4 is 0 Å². The Kier molecular flexibility index (Phi) is 5.00. The van der Waals surface area contributed by atoms with Crippen molar-refractivity contribution in [3.8, 4) is 5.69 Å². The maximum atomic E-state index is 13.6. The molecule has 0 bridgehead atoms. The molecular weight excluding hydrogens is 463 g/mol. The summed E-state index contributed by atoms with van der Waals surface area (Å²) in [5.41, 5.74) is 3.10. The van der Waals surface area contributed by atoms with E-state index in [-0.39, 0.29) is 11.5 Å². The number of benzene rings is 1. The minimum Gasteiger partial charge on any atom is -0.476 e. The minimum atomic E-state index is -1.02. The molecule has 2 fully saturated rings. The van der Waals surface area contributed by atoms with E-state index in [1.807, 2.05) is 23.9 Å². The number of aromatic carboxylic acids is 1. The molecule has 0 amide bonds. The molecule has 2 aromatic heterocycles. The number of aromatic nitrogens is 4. The highest BCUT2D eigenvalue weighted by Crippen LogP contribution is 2.55. The van der Waals surface area contributed by atoms with Gasteiger partial charge in [-0.2, -0.15) is 10.2 Å². The topological polar surface area (TPSA) is 72.9 Å². The molecule has 8 heteroatoms. The van der Waals surface area contributed by atoms with Gasteiger partial charge < -0.3 is 5.11 Å². The fourth-order valence-corrected chi connectivity index (χ4v) is 5.45. The molecule has 6 nitrogen and oxygen atoms in total. The van der Waals surface area contributed by atoms with Gasteiger partial charge in [-0.25, -0.2) is 13.9 Å². The number of hydrogen-bond donors (Lipinski definition) is 1. The number of nitrogens with zero attached hydrogens (tertiary/aromatic N) is 4. The molecule has 162 valence electrons. The molecule has 5 rings (SSSR count). The van der Waals surface area contributed by atoms with Gasteiger partial charge in [0.1, 0.15) is 5.82 Å². The van der Waals surface area contributed by atoms with E-state index in [9.17, 15) is 14.3 Å². The van der Waals surface area contributed by atoms with Crippen LogP contribution in [0, 0.1) is 30.5 Å². The Morgan fingerprint density at radius 1 is 1.26 bits per heavy atom. The third kappa shape index (κ3) is 3.71. The summed E-state index contributed by atoms with van der Waals surface area (Å²) < 4.78 is 17.8. The standard InChI is InChI=1S/C23H24BrFN4O2/c1-12-7-18(12)17-4-6-20(17)28-11-14(22(27-28)23(30)31)9-16-8-13(2)26-29(16)21-5-3-15(25)10-19(21)24/h3,5,8,10-12,17-18,20H,4,6-7,9H2,1-2H3,(H,30,31). The molecule has 4 unspecified atom stereocenters. The van der Waals surface area contributed by atoms with Crippen molar-refractivity contribution in [1.29, 1.82) is 0 Å². The van der Waals surface area contributed by atoms with Crippen LogP contribution in [0.4, 0.5) is 4.39 Å². The van der Waals surface area contributed by atoms with Gasteiger partial charge in [-0.05, 0) is 84.1 Å². The van der Waals surface area contributed by atoms with Gasteiger partial charge in [-0.3, -0.25) is 4.68 Å². The fraction of sp³-hybridized carbons (Fsp3) is 0.435. The van der Waals surface area contributed by atoms with E-state index < -0.39 is 5.97 Å². The Balaban J connectivity index is 1.48. The van der Waals surface area contributed by atoms with E-state index >= 15 is 0 Å². The van der Waals surface area contributed by atoms with Gasteiger partial charge in [0.05, 0.1) is 17.4 Å². The molecular formula is C23H24BrFN4O2. The molecule has 31 heavy (non-hydrogen) atoms. The average molecular weight is 487 g/mol. The predicted octanol–water partition coefficient (Wildman–Crippen LogP) is 5.17. The van der Waals surface area contributed by atoms with Crippen LogP contribution in [-0.4, -0.2) is 30.6 Å². The Bertz CT molecular complexity index is 1170. The summed E-state index contributed by atoms with van der Waals surface area (Å²) in [4.78, 5) is 11.9. The molecule has 0 radical (unpaired) electrons. The van der Waals surface area contributed by atoms with Gasteiger partial charge in [0, 0.05) is 28.3 Å². The summed E-state index contributed by atoms with van der Waals surface area (Å²) in [5, 5.41) is 18.8. The van der Waals surface area contributed by atoms with Crippen molar-refractivity contribution in [2.75, 3.05) is 0 Å². The van der Waals surface area contributed by atoms with E-state index in [2.05, 4.69) is 33.1 Å². The first-order valence-electron chi connectivity index (χ1n) is 10.6. The molecule has 2 aliphatic rings. The van der Waals surface area contributed by atoms with Crippen molar-refractivity contribution in [3.63, 3.8) is 0 Å². The Labute approximate surface area is 188 Å². The molecule has 1 aromatic carbocycles. The number of aryl methyl sites for hydroxylation is 1. The van der Waals surface area contributed by atoms with E-state index in [1.54, 1.807) is 10.7 Å². The van der Waals surface area contributed by atoms with Gasteiger partial charge in [0.15, 0.2) is 5.69 Å². The molecule has 0 spiro atoms. The molecule has 0 aliphatic heterocycles. The van der Waals surface area contributed by atoms with Crippen LogP contribution in [0.25, 0.3) is 5.69 Å². The van der Waals surface area contributed by atoms with E-state index in [1.165, 1.54) is 25.0 Å². The van der Waals surface area contributed by atoms with Crippen LogP contribution in [0.1, 0.15) is 59.7 Å². The molecule has 3 aromatic rings. The fourth-order valence-electron chi connectivity index (χ4n) is 4.93. The summed E-state index contributed by atoms with van der Waals surface area (Å²) in [6, 6.07) is 6.66. The SMILES string of the molecule is Cc1cc(Cc2cn(C3CCC3C3CC3C)nc2C(=O)O)n(-c2ccc(F)cc2Br)n1. The molecule has 2 saturated carbocycles. The molecule has 0 saturated heterocycles. The van der Waals surface area contributed by atoms with E-state index in [0.29, 0.717) is 34.1 Å². The number of halogens is 2. The third-order valence-electron chi connectivity index (χ3n) is 6.78. The maximum Gasteiger partial charge on any atom is 0.356 e. The van der Waals surface area contributed by atoms with Gasteiger partial charge in [0.25, 0.3) is 0 Å². The van der Waals surface area contributed by atoms with Crippen molar-refractivity contribution in [2.24, 2.45) is 17.8 Å². The second kappa shape index (κ2) is 7.58. The molecule has 1 N–H and O–H groups in total. The Hall–Kier alpha value is -2.48. The normalized spacial score (nSPS) is 24.8. The monoisotopic (exact) mass is 486 g/mol. The Morgan fingerprint density at radius 3 is 2.65 bits per heavy atom. The minimum absolute atomic E-state index is 0.0954. The van der Waals surface area contributed by atoms with E-state index in [4.69, 9.17) is 0 Å². The highest BCUT2D eigenvalue weighted by atomic mass is 79.9. The molecule has 4 atom stereocenters. The quantitative estimate of drug-likeness (QED) is 0.521. The van der Waals surface area contributed by atoms with Crippen LogP contribution in [0.15, 0.2) is 34.9 Å². The van der Waals surface area contributed by atoms with Gasteiger partial charge in [0.2, 0.25) is 0 Å². The van der Waals surface area contributed by atoms with Crippen molar-refractivity contribution in [2.45, 2.75) is 45.6 Å². The van der Waals surface area contributed by atoms with Crippen LogP contribution in [0.5, 0.6) is 0 Å².